The number of rotatable bonds is 5. The van der Waals surface area contributed by atoms with Crippen LogP contribution >= 0.6 is 0 Å². The molecule has 0 spiro atoms. The Morgan fingerprint density at radius 3 is 2.33 bits per heavy atom. The largest absolute Gasteiger partial charge is 0.325 e. The Balaban J connectivity index is 2.49. The molecule has 0 aliphatic heterocycles. The molecule has 0 fully saturated rings. The maximum absolute atomic E-state index is 12.0. The Kier molecular flexibility index (Phi) is 5.14. The number of amides is 1. The average Bonchev–Trinajstić information content (AvgIpc) is 2.54. The van der Waals surface area contributed by atoms with Crippen LogP contribution in [0.1, 0.15) is 30.5 Å². The summed E-state index contributed by atoms with van der Waals surface area (Å²) in [4.78, 5) is 22.6. The highest BCUT2D eigenvalue weighted by Crippen LogP contribution is 2.32. The molecule has 0 saturated heterocycles. The highest BCUT2D eigenvalue weighted by molar-refractivity contribution is 5.97. The van der Waals surface area contributed by atoms with Crippen molar-refractivity contribution in [3.63, 3.8) is 0 Å². The van der Waals surface area contributed by atoms with Crippen molar-refractivity contribution in [3.8, 4) is 0 Å². The number of aryl methyl sites for hydroxylation is 1. The van der Waals surface area contributed by atoms with Crippen molar-refractivity contribution in [3.05, 3.63) is 75.8 Å². The van der Waals surface area contributed by atoms with Crippen LogP contribution in [-0.2, 0) is 4.79 Å². The quantitative estimate of drug-likeness (QED) is 0.647. The Bertz CT molecular complexity index is 793. The van der Waals surface area contributed by atoms with Crippen LogP contribution in [0.4, 0.5) is 11.4 Å². The molecule has 0 atom stereocenters. The third-order valence-electron chi connectivity index (χ3n) is 3.72. The van der Waals surface area contributed by atoms with Gasteiger partial charge in [-0.05, 0) is 24.1 Å². The van der Waals surface area contributed by atoms with E-state index in [0.717, 1.165) is 11.1 Å². The molecular weight excluding hydrogens is 304 g/mol. The van der Waals surface area contributed by atoms with Crippen molar-refractivity contribution in [2.75, 3.05) is 5.32 Å². The van der Waals surface area contributed by atoms with Gasteiger partial charge in [-0.25, -0.2) is 0 Å². The van der Waals surface area contributed by atoms with E-state index in [1.807, 2.05) is 31.2 Å². The normalized spacial score (nSPS) is 10.5. The lowest BCUT2D eigenvalue weighted by atomic mass is 9.96. The van der Waals surface area contributed by atoms with Crippen molar-refractivity contribution >= 4 is 22.9 Å². The summed E-state index contributed by atoms with van der Waals surface area (Å²) in [5.74, 6) is -0.345. The van der Waals surface area contributed by atoms with Crippen LogP contribution < -0.4 is 5.32 Å². The maximum Gasteiger partial charge on any atom is 0.270 e. The van der Waals surface area contributed by atoms with Gasteiger partial charge in [-0.1, -0.05) is 50.3 Å². The van der Waals surface area contributed by atoms with Crippen LogP contribution in [0.25, 0.3) is 5.57 Å². The number of carbonyl (C=O) groups is 1. The fraction of sp³-hybridized carbons (Fsp3) is 0.211. The number of non-ortho nitro benzene ring substituents is 1. The topological polar surface area (TPSA) is 72.2 Å². The van der Waals surface area contributed by atoms with E-state index in [1.54, 1.807) is 19.9 Å². The summed E-state index contributed by atoms with van der Waals surface area (Å²) in [6.45, 7) is 9.62. The molecule has 0 saturated carbocycles. The minimum atomic E-state index is -0.458. The van der Waals surface area contributed by atoms with Gasteiger partial charge in [-0.2, -0.15) is 0 Å². The Morgan fingerprint density at radius 1 is 1.17 bits per heavy atom. The number of carbonyl (C=O) groups excluding carboxylic acids is 1. The lowest BCUT2D eigenvalue weighted by molar-refractivity contribution is -0.384. The summed E-state index contributed by atoms with van der Waals surface area (Å²) in [6.07, 6.45) is 0. The molecule has 0 aliphatic carbocycles. The zero-order chi connectivity index (χ0) is 17.9. The van der Waals surface area contributed by atoms with E-state index in [0.29, 0.717) is 16.8 Å². The number of nitrogens with zero attached hydrogens (tertiary/aromatic N) is 1. The van der Waals surface area contributed by atoms with Gasteiger partial charge in [-0.15, -0.1) is 0 Å². The van der Waals surface area contributed by atoms with Crippen LogP contribution in [0.3, 0.4) is 0 Å². The average molecular weight is 324 g/mol. The van der Waals surface area contributed by atoms with E-state index in [2.05, 4.69) is 11.9 Å². The number of anilines is 1. The van der Waals surface area contributed by atoms with Gasteiger partial charge >= 0.3 is 0 Å². The fourth-order valence-electron chi connectivity index (χ4n) is 2.19. The number of nitrogens with one attached hydrogen (secondary N) is 1. The summed E-state index contributed by atoms with van der Waals surface area (Å²) in [5, 5.41) is 13.9. The van der Waals surface area contributed by atoms with Crippen LogP contribution in [0, 0.1) is 23.0 Å². The zero-order valence-electron chi connectivity index (χ0n) is 14.0. The summed E-state index contributed by atoms with van der Waals surface area (Å²) in [7, 11) is 0. The molecule has 0 heterocycles. The summed E-state index contributed by atoms with van der Waals surface area (Å²) < 4.78 is 0. The molecule has 0 aromatic heterocycles. The fourth-order valence-corrected chi connectivity index (χ4v) is 2.19. The van der Waals surface area contributed by atoms with E-state index >= 15 is 0 Å². The molecule has 2 rings (SSSR count). The third-order valence-corrected chi connectivity index (χ3v) is 3.72. The molecule has 1 N–H and O–H groups in total. The first kappa shape index (κ1) is 17.4. The highest BCUT2D eigenvalue weighted by Gasteiger charge is 2.17. The lowest BCUT2D eigenvalue weighted by Gasteiger charge is -2.15. The maximum atomic E-state index is 12.0. The first-order chi connectivity index (χ1) is 11.3. The molecule has 0 aliphatic rings. The van der Waals surface area contributed by atoms with Crippen molar-refractivity contribution in [2.24, 2.45) is 5.92 Å². The molecule has 2 aromatic rings. The van der Waals surface area contributed by atoms with Crippen molar-refractivity contribution < 1.29 is 9.72 Å². The second-order valence-corrected chi connectivity index (χ2v) is 5.98. The standard InChI is InChI=1S/C19H20N2O3/c1-12(2)19(22)20-18-10-9-16(21(23)24)11-17(18)14(4)15-7-5-13(3)6-8-15/h5-12H,4H2,1-3H3,(H,20,22). The SMILES string of the molecule is C=C(c1ccc(C)cc1)c1cc([N+](=O)[O-])ccc1NC(=O)C(C)C. The van der Waals surface area contributed by atoms with Gasteiger partial charge in [0.2, 0.25) is 5.91 Å². The summed E-state index contributed by atoms with van der Waals surface area (Å²) in [6, 6.07) is 12.1. The molecular formula is C19H20N2O3. The van der Waals surface area contributed by atoms with Crippen LogP contribution in [0.2, 0.25) is 0 Å². The monoisotopic (exact) mass is 324 g/mol. The smallest absolute Gasteiger partial charge is 0.270 e. The van der Waals surface area contributed by atoms with Crippen molar-refractivity contribution in [1.29, 1.82) is 0 Å². The number of benzene rings is 2. The van der Waals surface area contributed by atoms with Crippen LogP contribution in [0.15, 0.2) is 49.0 Å². The van der Waals surface area contributed by atoms with Crippen molar-refractivity contribution in [2.45, 2.75) is 20.8 Å². The van der Waals surface area contributed by atoms with Gasteiger partial charge in [-0.3, -0.25) is 14.9 Å². The number of nitro groups is 1. The number of hydrogen-bond acceptors (Lipinski definition) is 3. The Morgan fingerprint density at radius 2 is 1.79 bits per heavy atom. The van der Waals surface area contributed by atoms with Crippen LogP contribution in [-0.4, -0.2) is 10.8 Å². The number of hydrogen-bond donors (Lipinski definition) is 1. The first-order valence-corrected chi connectivity index (χ1v) is 7.65. The van der Waals surface area contributed by atoms with Crippen LogP contribution in [0.5, 0.6) is 0 Å². The van der Waals surface area contributed by atoms with Gasteiger partial charge in [0.1, 0.15) is 0 Å². The lowest BCUT2D eigenvalue weighted by Crippen LogP contribution is -2.18. The van der Waals surface area contributed by atoms with E-state index in [4.69, 9.17) is 0 Å². The molecule has 2 aromatic carbocycles. The predicted molar refractivity (Wildman–Crippen MR) is 95.9 cm³/mol. The second-order valence-electron chi connectivity index (χ2n) is 5.98. The Labute approximate surface area is 141 Å². The molecule has 1 amide bonds. The summed E-state index contributed by atoms with van der Waals surface area (Å²) in [5.41, 5.74) is 3.60. The second kappa shape index (κ2) is 7.08. The first-order valence-electron chi connectivity index (χ1n) is 7.65. The van der Waals surface area contributed by atoms with Crippen molar-refractivity contribution in [1.82, 2.24) is 0 Å². The minimum Gasteiger partial charge on any atom is -0.325 e. The third kappa shape index (κ3) is 3.87. The molecule has 124 valence electrons. The van der Waals surface area contributed by atoms with E-state index in [-0.39, 0.29) is 17.5 Å². The molecule has 24 heavy (non-hydrogen) atoms. The van der Waals surface area contributed by atoms with E-state index in [9.17, 15) is 14.9 Å². The van der Waals surface area contributed by atoms with E-state index < -0.39 is 4.92 Å². The molecule has 5 nitrogen and oxygen atoms in total. The summed E-state index contributed by atoms with van der Waals surface area (Å²) >= 11 is 0. The Hall–Kier alpha value is -2.95. The van der Waals surface area contributed by atoms with Gasteiger partial charge < -0.3 is 5.32 Å². The van der Waals surface area contributed by atoms with Gasteiger partial charge in [0, 0.05) is 29.3 Å². The minimum absolute atomic E-state index is 0.0409. The highest BCUT2D eigenvalue weighted by atomic mass is 16.6. The molecule has 0 radical (unpaired) electrons. The van der Waals surface area contributed by atoms with Gasteiger partial charge in [0.15, 0.2) is 0 Å². The number of nitro benzene ring substituents is 1. The zero-order valence-corrected chi connectivity index (χ0v) is 14.0. The predicted octanol–water partition coefficient (Wildman–Crippen LogP) is 4.56. The van der Waals surface area contributed by atoms with Gasteiger partial charge in [0.25, 0.3) is 5.69 Å². The van der Waals surface area contributed by atoms with E-state index in [1.165, 1.54) is 12.1 Å². The molecule has 0 bridgehead atoms. The molecule has 0 unspecified atom stereocenters. The molecule has 5 heteroatoms. The van der Waals surface area contributed by atoms with Gasteiger partial charge in [0.05, 0.1) is 4.92 Å².